The number of hydrogen-bond acceptors (Lipinski definition) is 3. The molecule has 1 N–H and O–H groups in total. The molecular formula is C11H12N4. The first kappa shape index (κ1) is 9.69. The minimum Gasteiger partial charge on any atom is -0.300 e. The normalized spacial score (nSPS) is 12.5. The number of fused-ring (bicyclic) bond motifs is 1. The van der Waals surface area contributed by atoms with Crippen molar-refractivity contribution < 1.29 is 0 Å². The fourth-order valence-corrected chi connectivity index (χ4v) is 1.54. The summed E-state index contributed by atoms with van der Waals surface area (Å²) in [6.07, 6.45) is 12.5. The lowest BCUT2D eigenvalue weighted by molar-refractivity contribution is 0.668. The lowest BCUT2D eigenvalue weighted by atomic mass is 10.1. The molecule has 0 aromatic carbocycles. The van der Waals surface area contributed by atoms with Gasteiger partial charge in [0, 0.05) is 18.0 Å². The Morgan fingerprint density at radius 3 is 3.20 bits per heavy atom. The molecule has 1 atom stereocenters. The van der Waals surface area contributed by atoms with Crippen LogP contribution in [0.1, 0.15) is 18.5 Å². The lowest BCUT2D eigenvalue weighted by Crippen LogP contribution is -2.18. The van der Waals surface area contributed by atoms with Crippen molar-refractivity contribution in [2.75, 3.05) is 6.54 Å². The number of nitrogens with one attached hydrogen (secondary N) is 1. The van der Waals surface area contributed by atoms with Crippen LogP contribution in [0.2, 0.25) is 0 Å². The summed E-state index contributed by atoms with van der Waals surface area (Å²) in [6.45, 7) is 2.85. The van der Waals surface area contributed by atoms with Crippen LogP contribution in [-0.2, 0) is 0 Å². The number of aromatic nitrogens is 3. The zero-order valence-corrected chi connectivity index (χ0v) is 8.51. The van der Waals surface area contributed by atoms with E-state index in [1.165, 1.54) is 0 Å². The minimum absolute atomic E-state index is 0.100. The molecule has 2 heterocycles. The molecule has 0 bridgehead atoms. The molecule has 0 aliphatic heterocycles. The van der Waals surface area contributed by atoms with Crippen molar-refractivity contribution in [2.45, 2.75) is 13.0 Å². The predicted octanol–water partition coefficient (Wildman–Crippen LogP) is 1.01. The van der Waals surface area contributed by atoms with E-state index in [2.05, 4.69) is 21.3 Å². The summed E-state index contributed by atoms with van der Waals surface area (Å²) in [7, 11) is 0. The highest BCUT2D eigenvalue weighted by Gasteiger charge is 2.12. The predicted molar refractivity (Wildman–Crippen MR) is 58.2 cm³/mol. The van der Waals surface area contributed by atoms with Crippen molar-refractivity contribution in [3.05, 3.63) is 30.4 Å². The maximum Gasteiger partial charge on any atom is 0.0980 e. The van der Waals surface area contributed by atoms with Crippen molar-refractivity contribution in [1.29, 1.82) is 0 Å². The number of nitrogens with zero attached hydrogens (tertiary/aromatic N) is 3. The highest BCUT2D eigenvalue weighted by molar-refractivity contribution is 5.54. The fourth-order valence-electron chi connectivity index (χ4n) is 1.54. The summed E-state index contributed by atoms with van der Waals surface area (Å²) in [4.78, 5) is 4.07. The van der Waals surface area contributed by atoms with Gasteiger partial charge in [-0.25, -0.2) is 4.52 Å². The summed E-state index contributed by atoms with van der Waals surface area (Å²) >= 11 is 0. The second-order valence-electron chi connectivity index (χ2n) is 3.16. The van der Waals surface area contributed by atoms with Gasteiger partial charge in [-0.05, 0) is 6.54 Å². The van der Waals surface area contributed by atoms with Crippen LogP contribution in [0.25, 0.3) is 5.52 Å². The molecule has 0 saturated carbocycles. The van der Waals surface area contributed by atoms with Crippen LogP contribution in [0.5, 0.6) is 0 Å². The van der Waals surface area contributed by atoms with Crippen molar-refractivity contribution in [1.82, 2.24) is 19.9 Å². The average Bonchev–Trinajstić information content (AvgIpc) is 2.70. The molecule has 0 amide bonds. The molecule has 2 rings (SSSR count). The Labute approximate surface area is 88.3 Å². The van der Waals surface area contributed by atoms with E-state index in [1.807, 2.05) is 6.92 Å². The van der Waals surface area contributed by atoms with E-state index >= 15 is 0 Å². The van der Waals surface area contributed by atoms with Gasteiger partial charge in [0.1, 0.15) is 0 Å². The molecule has 0 fully saturated rings. The summed E-state index contributed by atoms with van der Waals surface area (Å²) < 4.78 is 1.77. The smallest absolute Gasteiger partial charge is 0.0980 e. The summed E-state index contributed by atoms with van der Waals surface area (Å²) in [5.74, 6) is 2.71. The van der Waals surface area contributed by atoms with Crippen LogP contribution in [-0.4, -0.2) is 21.1 Å². The van der Waals surface area contributed by atoms with E-state index in [-0.39, 0.29) is 6.04 Å². The second-order valence-corrected chi connectivity index (χ2v) is 3.16. The summed E-state index contributed by atoms with van der Waals surface area (Å²) in [6, 6.07) is -0.100. The SMILES string of the molecule is C#CC(NCC)c1cnn2ccncc12. The molecule has 76 valence electrons. The molecule has 0 spiro atoms. The van der Waals surface area contributed by atoms with Gasteiger partial charge in [0.05, 0.1) is 24.0 Å². The van der Waals surface area contributed by atoms with Gasteiger partial charge in [0.15, 0.2) is 0 Å². The molecule has 0 radical (unpaired) electrons. The molecule has 2 aromatic rings. The van der Waals surface area contributed by atoms with Crippen molar-refractivity contribution in [3.8, 4) is 12.3 Å². The van der Waals surface area contributed by atoms with Gasteiger partial charge in [-0.2, -0.15) is 5.10 Å². The standard InChI is InChI=1S/C11H12N4/c1-3-10(13-4-2)9-7-14-15-6-5-12-8-11(9)15/h1,5-8,10,13H,4H2,2H3. The highest BCUT2D eigenvalue weighted by Crippen LogP contribution is 2.17. The topological polar surface area (TPSA) is 42.2 Å². The van der Waals surface area contributed by atoms with Crippen molar-refractivity contribution in [3.63, 3.8) is 0 Å². The van der Waals surface area contributed by atoms with Gasteiger partial charge >= 0.3 is 0 Å². The van der Waals surface area contributed by atoms with Crippen molar-refractivity contribution >= 4 is 5.52 Å². The molecular weight excluding hydrogens is 188 g/mol. The Morgan fingerprint density at radius 1 is 1.60 bits per heavy atom. The van der Waals surface area contributed by atoms with Crippen LogP contribution < -0.4 is 5.32 Å². The first-order valence-electron chi connectivity index (χ1n) is 4.83. The first-order valence-corrected chi connectivity index (χ1v) is 4.83. The molecule has 1 unspecified atom stereocenters. The van der Waals surface area contributed by atoms with Crippen LogP contribution in [0, 0.1) is 12.3 Å². The Hall–Kier alpha value is -1.86. The Balaban J connectivity index is 2.47. The van der Waals surface area contributed by atoms with E-state index in [9.17, 15) is 0 Å². The minimum atomic E-state index is -0.100. The van der Waals surface area contributed by atoms with Crippen LogP contribution >= 0.6 is 0 Å². The van der Waals surface area contributed by atoms with Gasteiger partial charge in [-0.15, -0.1) is 6.42 Å². The highest BCUT2D eigenvalue weighted by atomic mass is 15.2. The Kier molecular flexibility index (Phi) is 2.66. The van der Waals surface area contributed by atoms with E-state index < -0.39 is 0 Å². The van der Waals surface area contributed by atoms with Crippen LogP contribution in [0.4, 0.5) is 0 Å². The third-order valence-electron chi connectivity index (χ3n) is 2.24. The average molecular weight is 200 g/mol. The molecule has 0 aliphatic carbocycles. The number of hydrogen-bond donors (Lipinski definition) is 1. The molecule has 15 heavy (non-hydrogen) atoms. The van der Waals surface area contributed by atoms with Gasteiger partial charge in [-0.1, -0.05) is 12.8 Å². The summed E-state index contributed by atoms with van der Waals surface area (Å²) in [5.41, 5.74) is 1.94. The van der Waals surface area contributed by atoms with Gasteiger partial charge in [-0.3, -0.25) is 4.98 Å². The number of terminal acetylenes is 1. The van der Waals surface area contributed by atoms with E-state index in [0.717, 1.165) is 17.6 Å². The zero-order chi connectivity index (χ0) is 10.7. The van der Waals surface area contributed by atoms with Gasteiger partial charge < -0.3 is 5.32 Å². The Bertz CT molecular complexity index is 495. The molecule has 2 aromatic heterocycles. The number of rotatable bonds is 3. The molecule has 0 saturated heterocycles. The second kappa shape index (κ2) is 4.11. The molecule has 4 nitrogen and oxygen atoms in total. The molecule has 4 heteroatoms. The van der Waals surface area contributed by atoms with Crippen LogP contribution in [0.3, 0.4) is 0 Å². The zero-order valence-electron chi connectivity index (χ0n) is 8.51. The van der Waals surface area contributed by atoms with E-state index in [4.69, 9.17) is 6.42 Å². The van der Waals surface area contributed by atoms with E-state index in [1.54, 1.807) is 29.3 Å². The third-order valence-corrected chi connectivity index (χ3v) is 2.24. The Morgan fingerprint density at radius 2 is 2.47 bits per heavy atom. The molecule has 0 aliphatic rings. The van der Waals surface area contributed by atoms with Crippen LogP contribution in [0.15, 0.2) is 24.8 Å². The van der Waals surface area contributed by atoms with Gasteiger partial charge in [0.2, 0.25) is 0 Å². The first-order chi connectivity index (χ1) is 7.36. The quantitative estimate of drug-likeness (QED) is 0.752. The monoisotopic (exact) mass is 200 g/mol. The maximum absolute atomic E-state index is 5.47. The summed E-state index contributed by atoms with van der Waals surface area (Å²) in [5, 5.41) is 7.42. The van der Waals surface area contributed by atoms with Crippen molar-refractivity contribution in [2.24, 2.45) is 0 Å². The maximum atomic E-state index is 5.47. The fraction of sp³-hybridized carbons (Fsp3) is 0.273. The third kappa shape index (κ3) is 1.69. The largest absolute Gasteiger partial charge is 0.300 e. The van der Waals surface area contributed by atoms with Gasteiger partial charge in [0.25, 0.3) is 0 Å². The van der Waals surface area contributed by atoms with E-state index in [0.29, 0.717) is 0 Å². The lowest BCUT2D eigenvalue weighted by Gasteiger charge is -2.09.